The molecule has 130 valence electrons. The third-order valence-electron chi connectivity index (χ3n) is 4.28. The Morgan fingerprint density at radius 3 is 2.60 bits per heavy atom. The third-order valence-corrected chi connectivity index (χ3v) is 4.28. The summed E-state index contributed by atoms with van der Waals surface area (Å²) in [6.45, 7) is 3.87. The molecule has 6 heteroatoms. The van der Waals surface area contributed by atoms with Crippen molar-refractivity contribution in [3.05, 3.63) is 59.5 Å². The number of nitrogens with one attached hydrogen (secondary N) is 2. The number of benzene rings is 1. The van der Waals surface area contributed by atoms with E-state index in [9.17, 15) is 4.79 Å². The first kappa shape index (κ1) is 17.1. The van der Waals surface area contributed by atoms with Crippen molar-refractivity contribution in [3.63, 3.8) is 0 Å². The Morgan fingerprint density at radius 2 is 1.92 bits per heavy atom. The predicted molar refractivity (Wildman–Crippen MR) is 98.4 cm³/mol. The van der Waals surface area contributed by atoms with Crippen molar-refractivity contribution in [3.8, 4) is 0 Å². The molecule has 2 aromatic heterocycles. The van der Waals surface area contributed by atoms with Crippen LogP contribution in [0.3, 0.4) is 0 Å². The van der Waals surface area contributed by atoms with Gasteiger partial charge in [-0.05, 0) is 39.6 Å². The quantitative estimate of drug-likeness (QED) is 0.751. The molecular formula is C19H23N5O. The molecule has 25 heavy (non-hydrogen) atoms. The molecule has 1 amide bonds. The number of amides is 1. The van der Waals surface area contributed by atoms with Crippen LogP contribution in [0.1, 0.15) is 34.7 Å². The molecule has 0 bridgehead atoms. The number of imidazole rings is 1. The largest absolute Gasteiger partial charge is 0.348 e. The van der Waals surface area contributed by atoms with Gasteiger partial charge >= 0.3 is 0 Å². The third kappa shape index (κ3) is 3.53. The summed E-state index contributed by atoms with van der Waals surface area (Å²) in [6.07, 6.45) is 1.61. The lowest BCUT2D eigenvalue weighted by atomic mass is 9.99. The van der Waals surface area contributed by atoms with Gasteiger partial charge in [-0.3, -0.25) is 4.79 Å². The predicted octanol–water partition coefficient (Wildman–Crippen LogP) is 2.69. The lowest BCUT2D eigenvalue weighted by Gasteiger charge is -2.31. The molecule has 1 aromatic carbocycles. The molecule has 0 fully saturated rings. The number of hydrogen-bond donors (Lipinski definition) is 2. The van der Waals surface area contributed by atoms with Gasteiger partial charge in [0.25, 0.3) is 5.91 Å². The Kier molecular flexibility index (Phi) is 4.81. The van der Waals surface area contributed by atoms with E-state index in [-0.39, 0.29) is 18.0 Å². The van der Waals surface area contributed by atoms with Gasteiger partial charge in [-0.2, -0.15) is 0 Å². The van der Waals surface area contributed by atoms with Gasteiger partial charge in [-0.1, -0.05) is 30.3 Å². The molecule has 2 atom stereocenters. The van der Waals surface area contributed by atoms with Gasteiger partial charge in [-0.25, -0.2) is 9.97 Å². The average molecular weight is 337 g/mol. The van der Waals surface area contributed by atoms with Crippen molar-refractivity contribution in [1.82, 2.24) is 25.2 Å². The number of aromatic nitrogens is 3. The van der Waals surface area contributed by atoms with Crippen LogP contribution in [0, 0.1) is 6.92 Å². The van der Waals surface area contributed by atoms with E-state index in [1.165, 1.54) is 0 Å². The summed E-state index contributed by atoms with van der Waals surface area (Å²) in [4.78, 5) is 26.6. The number of carbonyl (C=O) groups excluding carboxylic acids is 1. The Balaban J connectivity index is 1.85. The van der Waals surface area contributed by atoms with Crippen LogP contribution < -0.4 is 5.32 Å². The van der Waals surface area contributed by atoms with Crippen molar-refractivity contribution in [2.24, 2.45) is 0 Å². The Morgan fingerprint density at radius 1 is 1.20 bits per heavy atom. The van der Waals surface area contributed by atoms with Crippen LogP contribution in [0.2, 0.25) is 0 Å². The van der Waals surface area contributed by atoms with E-state index in [0.717, 1.165) is 11.4 Å². The van der Waals surface area contributed by atoms with Crippen LogP contribution in [0.4, 0.5) is 0 Å². The summed E-state index contributed by atoms with van der Waals surface area (Å²) in [5, 5.41) is 3.12. The van der Waals surface area contributed by atoms with Crippen LogP contribution in [0.5, 0.6) is 0 Å². The minimum Gasteiger partial charge on any atom is -0.348 e. The van der Waals surface area contributed by atoms with Gasteiger partial charge in [-0.15, -0.1) is 0 Å². The molecule has 3 aromatic rings. The molecule has 6 nitrogen and oxygen atoms in total. The minimum absolute atomic E-state index is 0.0721. The molecule has 0 unspecified atom stereocenters. The molecule has 3 rings (SSSR count). The van der Waals surface area contributed by atoms with Crippen LogP contribution in [0.15, 0.2) is 42.6 Å². The van der Waals surface area contributed by atoms with Gasteiger partial charge in [0.1, 0.15) is 5.82 Å². The Labute approximate surface area is 147 Å². The smallest absolute Gasteiger partial charge is 0.253 e. The fourth-order valence-corrected chi connectivity index (χ4v) is 3.26. The standard InChI is InChI=1S/C19H23N5O/c1-12(17(24(3)4)14-8-6-5-7-9-14)21-19(25)15-10-11-20-18-16(15)22-13(2)23-18/h5-12,17H,1-4H3,(H,21,25)(H,20,22,23)/t12-,17+/m1/s1. The van der Waals surface area contributed by atoms with Crippen molar-refractivity contribution in [2.75, 3.05) is 14.1 Å². The summed E-state index contributed by atoms with van der Waals surface area (Å²) < 4.78 is 0. The lowest BCUT2D eigenvalue weighted by Crippen LogP contribution is -2.42. The zero-order valence-electron chi connectivity index (χ0n) is 14.9. The number of pyridine rings is 1. The number of rotatable bonds is 5. The van der Waals surface area contributed by atoms with Crippen LogP contribution in [-0.4, -0.2) is 45.9 Å². The Bertz CT molecular complexity index is 872. The molecule has 0 aliphatic carbocycles. The monoisotopic (exact) mass is 337 g/mol. The first-order chi connectivity index (χ1) is 12.0. The van der Waals surface area contributed by atoms with Crippen LogP contribution >= 0.6 is 0 Å². The maximum atomic E-state index is 12.8. The molecule has 2 N–H and O–H groups in total. The normalized spacial score (nSPS) is 13.8. The molecule has 0 saturated carbocycles. The topological polar surface area (TPSA) is 73.9 Å². The highest BCUT2D eigenvalue weighted by molar-refractivity contribution is 6.04. The minimum atomic E-state index is -0.133. The molecule has 0 radical (unpaired) electrons. The molecule has 0 aliphatic heterocycles. The van der Waals surface area contributed by atoms with Crippen molar-refractivity contribution >= 4 is 17.1 Å². The summed E-state index contributed by atoms with van der Waals surface area (Å²) in [6, 6.07) is 11.9. The van der Waals surface area contributed by atoms with Crippen molar-refractivity contribution < 1.29 is 4.79 Å². The van der Waals surface area contributed by atoms with E-state index in [4.69, 9.17) is 0 Å². The highest BCUT2D eigenvalue weighted by Gasteiger charge is 2.24. The highest BCUT2D eigenvalue weighted by Crippen LogP contribution is 2.22. The fourth-order valence-electron chi connectivity index (χ4n) is 3.26. The summed E-state index contributed by atoms with van der Waals surface area (Å²) in [5.41, 5.74) is 2.96. The highest BCUT2D eigenvalue weighted by atomic mass is 16.1. The second-order valence-electron chi connectivity index (χ2n) is 6.46. The van der Waals surface area contributed by atoms with Crippen LogP contribution in [0.25, 0.3) is 11.2 Å². The molecule has 0 saturated heterocycles. The maximum Gasteiger partial charge on any atom is 0.253 e. The summed E-state index contributed by atoms with van der Waals surface area (Å²) >= 11 is 0. The van der Waals surface area contributed by atoms with Gasteiger partial charge in [0.05, 0.1) is 17.1 Å². The number of carbonyl (C=O) groups is 1. The average Bonchev–Trinajstić information content (AvgIpc) is 2.95. The number of hydrogen-bond acceptors (Lipinski definition) is 4. The molecule has 2 heterocycles. The van der Waals surface area contributed by atoms with Gasteiger partial charge in [0.2, 0.25) is 0 Å². The first-order valence-corrected chi connectivity index (χ1v) is 8.31. The van der Waals surface area contributed by atoms with Crippen LogP contribution in [-0.2, 0) is 0 Å². The zero-order chi connectivity index (χ0) is 18.0. The van der Waals surface area contributed by atoms with Crippen molar-refractivity contribution in [2.45, 2.75) is 25.9 Å². The number of H-pyrrole nitrogens is 1. The van der Waals surface area contributed by atoms with Gasteiger partial charge < -0.3 is 15.2 Å². The fraction of sp³-hybridized carbons (Fsp3) is 0.316. The number of fused-ring (bicyclic) bond motifs is 1. The molecular weight excluding hydrogens is 314 g/mol. The number of nitrogens with zero attached hydrogens (tertiary/aromatic N) is 3. The van der Waals surface area contributed by atoms with E-state index >= 15 is 0 Å². The van der Waals surface area contributed by atoms with E-state index in [1.807, 2.05) is 46.1 Å². The SMILES string of the molecule is Cc1nc2nccc(C(=O)N[C@H](C)[C@@H](c3ccccc3)N(C)C)c2[nH]1. The maximum absolute atomic E-state index is 12.8. The van der Waals surface area contributed by atoms with E-state index in [0.29, 0.717) is 16.7 Å². The van der Waals surface area contributed by atoms with E-state index < -0.39 is 0 Å². The Hall–Kier alpha value is -2.73. The van der Waals surface area contributed by atoms with Gasteiger partial charge in [0.15, 0.2) is 5.65 Å². The lowest BCUT2D eigenvalue weighted by molar-refractivity contribution is 0.0917. The van der Waals surface area contributed by atoms with E-state index in [1.54, 1.807) is 12.3 Å². The van der Waals surface area contributed by atoms with Gasteiger partial charge in [0, 0.05) is 12.2 Å². The number of aromatic amines is 1. The number of aryl methyl sites for hydroxylation is 1. The summed E-state index contributed by atoms with van der Waals surface area (Å²) in [7, 11) is 4.03. The zero-order valence-corrected chi connectivity index (χ0v) is 14.9. The summed E-state index contributed by atoms with van der Waals surface area (Å²) in [5.74, 6) is 0.609. The first-order valence-electron chi connectivity index (χ1n) is 8.31. The van der Waals surface area contributed by atoms with Crippen molar-refractivity contribution in [1.29, 1.82) is 0 Å². The van der Waals surface area contributed by atoms with E-state index in [2.05, 4.69) is 37.3 Å². The molecule has 0 spiro atoms. The second kappa shape index (κ2) is 7.03. The second-order valence-corrected chi connectivity index (χ2v) is 6.46. The number of likely N-dealkylation sites (N-methyl/N-ethyl adjacent to an activating group) is 1. The molecule has 0 aliphatic rings.